The normalized spacial score (nSPS) is 14.5. The van der Waals surface area contributed by atoms with E-state index in [1.807, 2.05) is 0 Å². The van der Waals surface area contributed by atoms with Gasteiger partial charge < -0.3 is 15.2 Å². The van der Waals surface area contributed by atoms with Gasteiger partial charge in [-0.05, 0) is 36.2 Å². The molecule has 1 aliphatic heterocycles. The van der Waals surface area contributed by atoms with Crippen LogP contribution in [0.4, 0.5) is 11.4 Å². The van der Waals surface area contributed by atoms with E-state index in [1.165, 1.54) is 19.4 Å². The number of ether oxygens (including phenoxy) is 1. The summed E-state index contributed by atoms with van der Waals surface area (Å²) >= 11 is 0. The van der Waals surface area contributed by atoms with Crippen molar-refractivity contribution in [3.05, 3.63) is 47.7 Å². The number of nitrogens with one attached hydrogen (secondary N) is 1. The van der Waals surface area contributed by atoms with Crippen LogP contribution in [0.3, 0.4) is 0 Å². The molecule has 2 N–H and O–H groups in total. The van der Waals surface area contributed by atoms with E-state index < -0.39 is 9.84 Å². The minimum absolute atomic E-state index is 0.0427. The average molecular weight is 381 g/mol. The van der Waals surface area contributed by atoms with Crippen LogP contribution >= 0.6 is 0 Å². The molecule has 136 valence electrons. The number of aryl methyl sites for hydroxylation is 1. The average Bonchev–Trinajstić information content (AvgIpc) is 2.97. The predicted molar refractivity (Wildman–Crippen MR) is 100 cm³/mol. The number of pyridine rings is 1. The summed E-state index contributed by atoms with van der Waals surface area (Å²) in [6, 6.07) is 10.1. The highest BCUT2D eigenvalue weighted by atomic mass is 32.2. The molecule has 3 aromatic rings. The lowest BCUT2D eigenvalue weighted by atomic mass is 10.0. The third-order valence-electron chi connectivity index (χ3n) is 4.62. The zero-order chi connectivity index (χ0) is 19.2. The van der Waals surface area contributed by atoms with Crippen molar-refractivity contribution in [2.75, 3.05) is 18.2 Å². The molecule has 1 aliphatic rings. The number of anilines is 2. The Morgan fingerprint density at radius 2 is 2.11 bits per heavy atom. The number of rotatable bonds is 3. The fourth-order valence-electron chi connectivity index (χ4n) is 3.35. The number of hydrogen-bond acceptors (Lipinski definition) is 7. The zero-order valence-corrected chi connectivity index (χ0v) is 15.2. The Morgan fingerprint density at radius 1 is 1.30 bits per heavy atom. The highest BCUT2D eigenvalue weighted by Crippen LogP contribution is 2.39. The summed E-state index contributed by atoms with van der Waals surface area (Å²) in [4.78, 5) is 4.58. The van der Waals surface area contributed by atoms with E-state index >= 15 is 0 Å². The fraction of sp³-hybridized carbons (Fsp3) is 0.158. The number of aromatic nitrogens is 1. The first-order valence-corrected chi connectivity index (χ1v) is 9.81. The van der Waals surface area contributed by atoms with Gasteiger partial charge in [-0.15, -0.1) is 0 Å². The van der Waals surface area contributed by atoms with Gasteiger partial charge >= 0.3 is 0 Å². The summed E-state index contributed by atoms with van der Waals surface area (Å²) in [5.41, 5.74) is 2.56. The molecule has 0 amide bonds. The van der Waals surface area contributed by atoms with E-state index in [2.05, 4.69) is 16.4 Å². The molecule has 27 heavy (non-hydrogen) atoms. The van der Waals surface area contributed by atoms with Crippen molar-refractivity contribution in [3.63, 3.8) is 0 Å². The number of methoxy groups -OCH3 is 1. The third-order valence-corrected chi connectivity index (χ3v) is 6.42. The molecule has 0 atom stereocenters. The molecule has 0 fully saturated rings. The van der Waals surface area contributed by atoms with Gasteiger partial charge in [0.05, 0.1) is 34.5 Å². The Kier molecular flexibility index (Phi) is 3.89. The molecular weight excluding hydrogens is 366 g/mol. The summed E-state index contributed by atoms with van der Waals surface area (Å²) in [5.74, 6) is 0.320. The third kappa shape index (κ3) is 2.73. The van der Waals surface area contributed by atoms with E-state index in [9.17, 15) is 18.8 Å². The van der Waals surface area contributed by atoms with Gasteiger partial charge in [-0.2, -0.15) is 5.26 Å². The fourth-order valence-corrected chi connectivity index (χ4v) is 4.90. The molecule has 0 saturated heterocycles. The second-order valence-corrected chi connectivity index (χ2v) is 8.25. The summed E-state index contributed by atoms with van der Waals surface area (Å²) < 4.78 is 29.6. The molecule has 0 bridgehead atoms. The zero-order valence-electron chi connectivity index (χ0n) is 14.4. The Morgan fingerprint density at radius 3 is 2.81 bits per heavy atom. The first-order valence-electron chi connectivity index (χ1n) is 8.16. The lowest BCUT2D eigenvalue weighted by Crippen LogP contribution is -2.00. The molecule has 1 aromatic heterocycles. The minimum Gasteiger partial charge on any atom is -0.504 e. The number of phenols is 1. The lowest BCUT2D eigenvalue weighted by molar-refractivity contribution is 0.373. The molecular formula is C19H15N3O4S. The van der Waals surface area contributed by atoms with Crippen molar-refractivity contribution in [1.82, 2.24) is 4.98 Å². The van der Waals surface area contributed by atoms with E-state index in [4.69, 9.17) is 4.74 Å². The van der Waals surface area contributed by atoms with Gasteiger partial charge in [0, 0.05) is 23.3 Å². The van der Waals surface area contributed by atoms with Crippen LogP contribution in [0.5, 0.6) is 11.5 Å². The van der Waals surface area contributed by atoms with Crippen molar-refractivity contribution in [2.45, 2.75) is 11.3 Å². The van der Waals surface area contributed by atoms with Crippen molar-refractivity contribution in [2.24, 2.45) is 0 Å². The van der Waals surface area contributed by atoms with Gasteiger partial charge in [0.25, 0.3) is 0 Å². The number of phenolic OH excluding ortho intramolecular Hbond substituents is 1. The standard InChI is InChI=1S/C19H15N3O4S/c1-26-16-4-2-12(8-15(16)23)22-19-11(9-20)10-21-14-3-5-17-13(18(14)19)6-7-27(17,24)25/h2-5,8,10,23H,6-7H2,1H3,(H,21,22). The van der Waals surface area contributed by atoms with Gasteiger partial charge in [0.1, 0.15) is 6.07 Å². The Balaban J connectivity index is 1.95. The van der Waals surface area contributed by atoms with Crippen molar-refractivity contribution in [3.8, 4) is 17.6 Å². The molecule has 0 radical (unpaired) electrons. The molecule has 7 nitrogen and oxygen atoms in total. The number of nitrogens with zero attached hydrogens (tertiary/aromatic N) is 2. The smallest absolute Gasteiger partial charge is 0.179 e. The number of nitriles is 1. The van der Waals surface area contributed by atoms with Crippen LogP contribution in [0.2, 0.25) is 0 Å². The summed E-state index contributed by atoms with van der Waals surface area (Å²) in [7, 11) is -1.86. The van der Waals surface area contributed by atoms with Crippen LogP contribution in [0.1, 0.15) is 11.1 Å². The second kappa shape index (κ2) is 6.14. The highest BCUT2D eigenvalue weighted by Gasteiger charge is 2.29. The van der Waals surface area contributed by atoms with Gasteiger partial charge in [0.15, 0.2) is 21.3 Å². The van der Waals surface area contributed by atoms with E-state index in [-0.39, 0.29) is 22.0 Å². The maximum Gasteiger partial charge on any atom is 0.179 e. The Labute approximate surface area is 155 Å². The predicted octanol–water partition coefficient (Wildman–Crippen LogP) is 2.89. The molecule has 8 heteroatoms. The maximum atomic E-state index is 12.3. The molecule has 0 saturated carbocycles. The molecule has 0 aliphatic carbocycles. The van der Waals surface area contributed by atoms with E-state index in [1.54, 1.807) is 24.3 Å². The molecule has 4 rings (SSSR count). The van der Waals surface area contributed by atoms with E-state index in [0.717, 1.165) is 0 Å². The number of benzene rings is 2. The quantitative estimate of drug-likeness (QED) is 0.717. The monoisotopic (exact) mass is 381 g/mol. The molecule has 0 spiro atoms. The molecule has 2 heterocycles. The van der Waals surface area contributed by atoms with Gasteiger partial charge in [-0.1, -0.05) is 0 Å². The van der Waals surface area contributed by atoms with Crippen molar-refractivity contribution < 1.29 is 18.3 Å². The van der Waals surface area contributed by atoms with Crippen LogP contribution in [0.25, 0.3) is 10.9 Å². The first-order chi connectivity index (χ1) is 12.9. The van der Waals surface area contributed by atoms with Gasteiger partial charge in [0.2, 0.25) is 0 Å². The largest absolute Gasteiger partial charge is 0.504 e. The maximum absolute atomic E-state index is 12.3. The Hall–Kier alpha value is -3.31. The van der Waals surface area contributed by atoms with Crippen LogP contribution < -0.4 is 10.1 Å². The number of fused-ring (bicyclic) bond motifs is 3. The van der Waals surface area contributed by atoms with Crippen LogP contribution in [0.15, 0.2) is 41.4 Å². The topological polar surface area (TPSA) is 112 Å². The van der Waals surface area contributed by atoms with Crippen LogP contribution in [-0.2, 0) is 16.3 Å². The summed E-state index contributed by atoms with van der Waals surface area (Å²) in [6.45, 7) is 0. The number of aromatic hydroxyl groups is 1. The SMILES string of the molecule is COc1ccc(Nc2c(C#N)cnc3ccc4c(c23)CCS4(=O)=O)cc1O. The van der Waals surface area contributed by atoms with Crippen molar-refractivity contribution in [1.29, 1.82) is 5.26 Å². The van der Waals surface area contributed by atoms with Gasteiger partial charge in [-0.3, -0.25) is 4.98 Å². The highest BCUT2D eigenvalue weighted by molar-refractivity contribution is 7.91. The van der Waals surface area contributed by atoms with Crippen molar-refractivity contribution >= 4 is 32.1 Å². The van der Waals surface area contributed by atoms with Crippen LogP contribution in [0, 0.1) is 11.3 Å². The molecule has 0 unspecified atom stereocenters. The second-order valence-electron chi connectivity index (χ2n) is 6.18. The Bertz CT molecular complexity index is 1230. The molecule has 2 aromatic carbocycles. The van der Waals surface area contributed by atoms with Crippen LogP contribution in [-0.4, -0.2) is 31.4 Å². The number of hydrogen-bond donors (Lipinski definition) is 2. The number of sulfone groups is 1. The van der Waals surface area contributed by atoms with Gasteiger partial charge in [-0.25, -0.2) is 8.42 Å². The summed E-state index contributed by atoms with van der Waals surface area (Å²) in [5, 5.41) is 23.3. The lowest BCUT2D eigenvalue weighted by Gasteiger charge is -2.15. The van der Waals surface area contributed by atoms with E-state index in [0.29, 0.717) is 40.0 Å². The first kappa shape index (κ1) is 17.1. The summed E-state index contributed by atoms with van der Waals surface area (Å²) in [6.07, 6.45) is 1.82. The minimum atomic E-state index is -3.32.